The van der Waals surface area contributed by atoms with Crippen LogP contribution < -0.4 is 10.6 Å². The average Bonchev–Trinajstić information content (AvgIpc) is 3.00. The van der Waals surface area contributed by atoms with Gasteiger partial charge in [-0.1, -0.05) is 19.4 Å². The number of nitrogens with one attached hydrogen (secondary N) is 2. The van der Waals surface area contributed by atoms with Gasteiger partial charge in [-0.05, 0) is 56.1 Å². The minimum absolute atomic E-state index is 0.209. The van der Waals surface area contributed by atoms with E-state index >= 15 is 0 Å². The summed E-state index contributed by atoms with van der Waals surface area (Å²) in [7, 11) is 0. The number of carbonyl (C=O) groups excluding carboxylic acids is 1. The lowest BCUT2D eigenvalue weighted by Crippen LogP contribution is -2.30. The SMILES string of the molecule is CCCC(NC(=O)CCC1CCNCC1)c1cccs1. The summed E-state index contributed by atoms with van der Waals surface area (Å²) >= 11 is 1.74. The number of carbonyl (C=O) groups is 1. The third-order valence-electron chi connectivity index (χ3n) is 4.04. The Morgan fingerprint density at radius 3 is 2.95 bits per heavy atom. The van der Waals surface area contributed by atoms with Gasteiger partial charge in [0.15, 0.2) is 0 Å². The second-order valence-corrected chi connectivity index (χ2v) is 6.64. The van der Waals surface area contributed by atoms with Crippen LogP contribution in [0.15, 0.2) is 17.5 Å². The Bertz CT molecular complexity index is 385. The van der Waals surface area contributed by atoms with Gasteiger partial charge >= 0.3 is 0 Å². The van der Waals surface area contributed by atoms with E-state index in [2.05, 4.69) is 35.1 Å². The van der Waals surface area contributed by atoms with Gasteiger partial charge in [0, 0.05) is 11.3 Å². The number of amides is 1. The molecular formula is C16H26N2OS. The van der Waals surface area contributed by atoms with Crippen LogP contribution in [0.5, 0.6) is 0 Å². The Hall–Kier alpha value is -0.870. The molecule has 0 radical (unpaired) electrons. The van der Waals surface area contributed by atoms with Crippen molar-refractivity contribution in [3.63, 3.8) is 0 Å². The molecule has 1 aromatic rings. The van der Waals surface area contributed by atoms with Gasteiger partial charge < -0.3 is 10.6 Å². The second kappa shape index (κ2) is 8.42. The largest absolute Gasteiger partial charge is 0.348 e. The Morgan fingerprint density at radius 1 is 1.50 bits per heavy atom. The molecule has 3 nitrogen and oxygen atoms in total. The summed E-state index contributed by atoms with van der Waals surface area (Å²) in [5, 5.41) is 8.67. The summed E-state index contributed by atoms with van der Waals surface area (Å²) < 4.78 is 0. The van der Waals surface area contributed by atoms with E-state index in [1.165, 1.54) is 17.7 Å². The van der Waals surface area contributed by atoms with E-state index < -0.39 is 0 Å². The molecule has 1 unspecified atom stereocenters. The van der Waals surface area contributed by atoms with Crippen LogP contribution in [0.4, 0.5) is 0 Å². The van der Waals surface area contributed by atoms with Crippen molar-refractivity contribution in [1.82, 2.24) is 10.6 Å². The van der Waals surface area contributed by atoms with Crippen molar-refractivity contribution in [3.8, 4) is 0 Å². The summed E-state index contributed by atoms with van der Waals surface area (Å²) in [5.74, 6) is 0.948. The zero-order valence-corrected chi connectivity index (χ0v) is 13.2. The maximum atomic E-state index is 12.1. The molecule has 0 spiro atoms. The van der Waals surface area contributed by atoms with E-state index in [0.717, 1.165) is 38.3 Å². The summed E-state index contributed by atoms with van der Waals surface area (Å²) in [6.45, 7) is 4.39. The van der Waals surface area contributed by atoms with Crippen molar-refractivity contribution in [2.45, 2.75) is 51.5 Å². The van der Waals surface area contributed by atoms with Crippen LogP contribution in [0.2, 0.25) is 0 Å². The Balaban J connectivity index is 1.76. The lowest BCUT2D eigenvalue weighted by Gasteiger charge is -2.23. The van der Waals surface area contributed by atoms with Gasteiger partial charge in [-0.2, -0.15) is 0 Å². The van der Waals surface area contributed by atoms with Crippen molar-refractivity contribution in [2.75, 3.05) is 13.1 Å². The summed E-state index contributed by atoms with van der Waals surface area (Å²) in [6.07, 6.45) is 6.27. The Labute approximate surface area is 126 Å². The number of rotatable bonds is 7. The smallest absolute Gasteiger partial charge is 0.220 e. The van der Waals surface area contributed by atoms with Crippen molar-refractivity contribution >= 4 is 17.2 Å². The number of hydrogen-bond donors (Lipinski definition) is 2. The molecule has 1 fully saturated rings. The van der Waals surface area contributed by atoms with Crippen molar-refractivity contribution in [3.05, 3.63) is 22.4 Å². The van der Waals surface area contributed by atoms with Crippen LogP contribution in [0.1, 0.15) is 56.4 Å². The molecule has 112 valence electrons. The number of hydrogen-bond acceptors (Lipinski definition) is 3. The van der Waals surface area contributed by atoms with E-state index in [1.54, 1.807) is 11.3 Å². The highest BCUT2D eigenvalue weighted by Crippen LogP contribution is 2.24. The Morgan fingerprint density at radius 2 is 2.30 bits per heavy atom. The molecule has 1 aliphatic heterocycles. The third kappa shape index (κ3) is 4.91. The molecule has 1 saturated heterocycles. The van der Waals surface area contributed by atoms with Crippen LogP contribution in [0.25, 0.3) is 0 Å². The molecule has 0 bridgehead atoms. The van der Waals surface area contributed by atoms with Gasteiger partial charge in [-0.15, -0.1) is 11.3 Å². The highest BCUT2D eigenvalue weighted by molar-refractivity contribution is 7.10. The van der Waals surface area contributed by atoms with Crippen molar-refractivity contribution in [1.29, 1.82) is 0 Å². The van der Waals surface area contributed by atoms with Gasteiger partial charge in [0.25, 0.3) is 0 Å². The van der Waals surface area contributed by atoms with E-state index in [9.17, 15) is 4.79 Å². The van der Waals surface area contributed by atoms with Gasteiger partial charge in [-0.3, -0.25) is 4.79 Å². The average molecular weight is 294 g/mol. The Kier molecular flexibility index (Phi) is 6.54. The quantitative estimate of drug-likeness (QED) is 0.808. The van der Waals surface area contributed by atoms with Gasteiger partial charge in [0.1, 0.15) is 0 Å². The van der Waals surface area contributed by atoms with Gasteiger partial charge in [-0.25, -0.2) is 0 Å². The molecule has 2 N–H and O–H groups in total. The highest BCUT2D eigenvalue weighted by Gasteiger charge is 2.17. The lowest BCUT2D eigenvalue weighted by atomic mass is 9.93. The first-order valence-corrected chi connectivity index (χ1v) is 8.71. The van der Waals surface area contributed by atoms with Gasteiger partial charge in [0.2, 0.25) is 5.91 Å². The fourth-order valence-electron chi connectivity index (χ4n) is 2.84. The minimum Gasteiger partial charge on any atom is -0.348 e. The van der Waals surface area contributed by atoms with E-state index in [0.29, 0.717) is 6.42 Å². The van der Waals surface area contributed by atoms with E-state index in [1.807, 2.05) is 0 Å². The first-order valence-electron chi connectivity index (χ1n) is 7.83. The fraction of sp³-hybridized carbons (Fsp3) is 0.688. The molecule has 2 rings (SSSR count). The van der Waals surface area contributed by atoms with Crippen LogP contribution in [0.3, 0.4) is 0 Å². The summed E-state index contributed by atoms with van der Waals surface area (Å²) in [6, 6.07) is 4.39. The highest BCUT2D eigenvalue weighted by atomic mass is 32.1. The topological polar surface area (TPSA) is 41.1 Å². The monoisotopic (exact) mass is 294 g/mol. The molecule has 1 atom stereocenters. The molecule has 0 saturated carbocycles. The first-order chi connectivity index (χ1) is 9.79. The second-order valence-electron chi connectivity index (χ2n) is 5.66. The zero-order chi connectivity index (χ0) is 14.2. The first kappa shape index (κ1) is 15.5. The maximum absolute atomic E-state index is 12.1. The molecule has 2 heterocycles. The number of piperidine rings is 1. The standard InChI is InChI=1S/C16H26N2OS/c1-2-4-14(15-5-3-12-20-15)18-16(19)7-6-13-8-10-17-11-9-13/h3,5,12-14,17H,2,4,6-11H2,1H3,(H,18,19). The molecule has 0 aliphatic carbocycles. The molecule has 0 aromatic carbocycles. The fourth-order valence-corrected chi connectivity index (χ4v) is 3.65. The molecular weight excluding hydrogens is 268 g/mol. The van der Waals surface area contributed by atoms with Crippen molar-refractivity contribution < 1.29 is 4.79 Å². The normalized spacial score (nSPS) is 17.9. The van der Waals surface area contributed by atoms with Crippen LogP contribution in [0, 0.1) is 5.92 Å². The van der Waals surface area contributed by atoms with Crippen LogP contribution in [-0.4, -0.2) is 19.0 Å². The third-order valence-corrected chi connectivity index (χ3v) is 5.02. The molecule has 4 heteroatoms. The van der Waals surface area contributed by atoms with E-state index in [-0.39, 0.29) is 11.9 Å². The molecule has 1 aliphatic rings. The number of thiophene rings is 1. The van der Waals surface area contributed by atoms with Crippen LogP contribution >= 0.6 is 11.3 Å². The summed E-state index contributed by atoms with van der Waals surface area (Å²) in [4.78, 5) is 13.4. The lowest BCUT2D eigenvalue weighted by molar-refractivity contribution is -0.122. The predicted molar refractivity (Wildman–Crippen MR) is 84.9 cm³/mol. The van der Waals surface area contributed by atoms with Gasteiger partial charge in [0.05, 0.1) is 6.04 Å². The molecule has 20 heavy (non-hydrogen) atoms. The maximum Gasteiger partial charge on any atom is 0.220 e. The van der Waals surface area contributed by atoms with Crippen molar-refractivity contribution in [2.24, 2.45) is 5.92 Å². The minimum atomic E-state index is 0.209. The summed E-state index contributed by atoms with van der Waals surface area (Å²) in [5.41, 5.74) is 0. The predicted octanol–water partition coefficient (Wildman–Crippen LogP) is 3.49. The van der Waals surface area contributed by atoms with Crippen LogP contribution in [-0.2, 0) is 4.79 Å². The molecule has 1 aromatic heterocycles. The molecule has 1 amide bonds. The zero-order valence-electron chi connectivity index (χ0n) is 12.4. The van der Waals surface area contributed by atoms with E-state index in [4.69, 9.17) is 0 Å².